The van der Waals surface area contributed by atoms with E-state index in [9.17, 15) is 4.79 Å². The monoisotopic (exact) mass is 260 g/mol. The molecular formula is C15H16O2S. The summed E-state index contributed by atoms with van der Waals surface area (Å²) in [5.74, 6) is 0.408. The lowest BCUT2D eigenvalue weighted by atomic mass is 10.1. The van der Waals surface area contributed by atoms with E-state index in [0.29, 0.717) is 5.75 Å². The summed E-state index contributed by atoms with van der Waals surface area (Å²) in [4.78, 5) is 12.1. The minimum atomic E-state index is -0.261. The van der Waals surface area contributed by atoms with Crippen molar-refractivity contribution in [2.75, 3.05) is 0 Å². The highest BCUT2D eigenvalue weighted by Crippen LogP contribution is 2.23. The Morgan fingerprint density at radius 2 is 2.00 bits per heavy atom. The van der Waals surface area contributed by atoms with E-state index in [1.54, 1.807) is 11.3 Å². The van der Waals surface area contributed by atoms with E-state index in [1.807, 2.05) is 17.5 Å². The first kappa shape index (κ1) is 12.8. The number of rotatable bonds is 5. The van der Waals surface area contributed by atoms with Gasteiger partial charge in [-0.05, 0) is 30.9 Å². The van der Waals surface area contributed by atoms with E-state index in [0.717, 1.165) is 19.3 Å². The number of benzene rings is 1. The van der Waals surface area contributed by atoms with Crippen LogP contribution in [0.15, 0.2) is 41.8 Å². The molecule has 0 aliphatic heterocycles. The summed E-state index contributed by atoms with van der Waals surface area (Å²) in [6, 6.07) is 12.4. The predicted octanol–water partition coefficient (Wildman–Crippen LogP) is 3.85. The number of thiophene rings is 1. The van der Waals surface area contributed by atoms with Gasteiger partial charge in [-0.1, -0.05) is 30.3 Å². The van der Waals surface area contributed by atoms with Gasteiger partial charge in [0.1, 0.15) is 5.75 Å². The molecule has 0 saturated heterocycles. The van der Waals surface area contributed by atoms with Crippen molar-refractivity contribution in [3.05, 3.63) is 52.2 Å². The molecule has 0 amide bonds. The molecule has 2 aromatic rings. The highest BCUT2D eigenvalue weighted by molar-refractivity contribution is 7.10. The highest BCUT2D eigenvalue weighted by Gasteiger charge is 2.03. The summed E-state index contributed by atoms with van der Waals surface area (Å²) in [5.41, 5.74) is 1.37. The average molecular weight is 260 g/mol. The molecule has 0 aliphatic carbocycles. The second-order valence-electron chi connectivity index (χ2n) is 4.18. The number of esters is 1. The molecule has 3 heteroatoms. The van der Waals surface area contributed by atoms with Gasteiger partial charge in [0.15, 0.2) is 0 Å². The maximum atomic E-state index is 10.8. The third-order valence-electron chi connectivity index (χ3n) is 2.62. The first-order chi connectivity index (χ1) is 8.74. The number of carbonyl (C=O) groups excluding carboxylic acids is 1. The van der Waals surface area contributed by atoms with Crippen LogP contribution in [-0.4, -0.2) is 5.97 Å². The van der Waals surface area contributed by atoms with E-state index in [1.165, 1.54) is 17.4 Å². The van der Waals surface area contributed by atoms with Gasteiger partial charge < -0.3 is 4.74 Å². The molecule has 94 valence electrons. The largest absolute Gasteiger partial charge is 0.426 e. The Bertz CT molecular complexity index is 502. The van der Waals surface area contributed by atoms with Crippen molar-refractivity contribution < 1.29 is 9.53 Å². The van der Waals surface area contributed by atoms with Crippen LogP contribution in [0.3, 0.4) is 0 Å². The quantitative estimate of drug-likeness (QED) is 0.763. The van der Waals surface area contributed by atoms with Crippen molar-refractivity contribution in [3.8, 4) is 5.75 Å². The van der Waals surface area contributed by atoms with Gasteiger partial charge in [-0.25, -0.2) is 0 Å². The van der Waals surface area contributed by atoms with Gasteiger partial charge in [0.2, 0.25) is 0 Å². The van der Waals surface area contributed by atoms with E-state index in [4.69, 9.17) is 4.74 Å². The molecule has 0 bridgehead atoms. The summed E-state index contributed by atoms with van der Waals surface area (Å²) in [6.07, 6.45) is 3.23. The van der Waals surface area contributed by atoms with Crippen LogP contribution in [0.25, 0.3) is 0 Å². The molecular weight excluding hydrogens is 244 g/mol. The Kier molecular flexibility index (Phi) is 4.53. The maximum Gasteiger partial charge on any atom is 0.308 e. The normalized spacial score (nSPS) is 10.3. The van der Waals surface area contributed by atoms with Crippen molar-refractivity contribution in [3.63, 3.8) is 0 Å². The van der Waals surface area contributed by atoms with E-state index in [2.05, 4.69) is 24.3 Å². The molecule has 1 heterocycles. The van der Waals surface area contributed by atoms with Crippen LogP contribution in [-0.2, 0) is 17.6 Å². The van der Waals surface area contributed by atoms with Crippen molar-refractivity contribution >= 4 is 17.3 Å². The van der Waals surface area contributed by atoms with Gasteiger partial charge in [0, 0.05) is 17.2 Å². The van der Waals surface area contributed by atoms with Crippen LogP contribution < -0.4 is 4.74 Å². The number of hydrogen-bond acceptors (Lipinski definition) is 3. The van der Waals surface area contributed by atoms with Crippen molar-refractivity contribution in [2.24, 2.45) is 0 Å². The Morgan fingerprint density at radius 1 is 1.22 bits per heavy atom. The average Bonchev–Trinajstić information content (AvgIpc) is 2.77. The molecule has 0 atom stereocenters. The molecule has 2 nitrogen and oxygen atoms in total. The molecule has 0 N–H and O–H groups in total. The summed E-state index contributed by atoms with van der Waals surface area (Å²) < 4.78 is 5.03. The van der Waals surface area contributed by atoms with Gasteiger partial charge in [0.05, 0.1) is 0 Å². The molecule has 0 fully saturated rings. The van der Waals surface area contributed by atoms with Crippen LogP contribution >= 0.6 is 11.3 Å². The first-order valence-corrected chi connectivity index (χ1v) is 6.92. The third kappa shape index (κ3) is 4.00. The number of ether oxygens (including phenoxy) is 1. The molecule has 1 aromatic heterocycles. The third-order valence-corrected chi connectivity index (χ3v) is 3.60. The van der Waals surface area contributed by atoms with Crippen LogP contribution in [0.1, 0.15) is 23.8 Å². The maximum absolute atomic E-state index is 10.8. The number of aryl methyl sites for hydroxylation is 2. The zero-order valence-electron chi connectivity index (χ0n) is 10.4. The topological polar surface area (TPSA) is 26.3 Å². The van der Waals surface area contributed by atoms with Gasteiger partial charge in [-0.15, -0.1) is 11.3 Å². The zero-order chi connectivity index (χ0) is 12.8. The Morgan fingerprint density at radius 3 is 2.72 bits per heavy atom. The zero-order valence-corrected chi connectivity index (χ0v) is 11.2. The molecule has 0 spiro atoms. The summed E-state index contributed by atoms with van der Waals surface area (Å²) >= 11 is 1.65. The molecule has 0 radical (unpaired) electrons. The van der Waals surface area contributed by atoms with Gasteiger partial charge in [-0.3, -0.25) is 4.79 Å². The SMILES string of the molecule is CC(=O)Oc1csc(CCCc2ccccc2)c1. The van der Waals surface area contributed by atoms with Gasteiger partial charge in [-0.2, -0.15) is 0 Å². The van der Waals surface area contributed by atoms with Crippen LogP contribution in [0.2, 0.25) is 0 Å². The summed E-state index contributed by atoms with van der Waals surface area (Å²) in [6.45, 7) is 1.42. The molecule has 18 heavy (non-hydrogen) atoms. The lowest BCUT2D eigenvalue weighted by molar-refractivity contribution is -0.131. The van der Waals surface area contributed by atoms with Crippen LogP contribution in [0.4, 0.5) is 0 Å². The van der Waals surface area contributed by atoms with E-state index < -0.39 is 0 Å². The Labute approximate surface area is 111 Å². The Balaban J connectivity index is 1.80. The molecule has 1 aromatic carbocycles. The van der Waals surface area contributed by atoms with Crippen molar-refractivity contribution in [2.45, 2.75) is 26.2 Å². The summed E-state index contributed by atoms with van der Waals surface area (Å²) in [5, 5.41) is 1.89. The highest BCUT2D eigenvalue weighted by atomic mass is 32.1. The minimum Gasteiger partial charge on any atom is -0.426 e. The van der Waals surface area contributed by atoms with Crippen LogP contribution in [0.5, 0.6) is 5.75 Å². The molecule has 0 saturated carbocycles. The standard InChI is InChI=1S/C15H16O2S/c1-12(16)17-14-10-15(18-11-14)9-5-8-13-6-3-2-4-7-13/h2-4,6-7,10-11H,5,8-9H2,1H3. The van der Waals surface area contributed by atoms with Crippen LogP contribution in [0, 0.1) is 0 Å². The molecule has 2 rings (SSSR count). The van der Waals surface area contributed by atoms with Gasteiger partial charge in [0.25, 0.3) is 0 Å². The Hall–Kier alpha value is -1.61. The van der Waals surface area contributed by atoms with E-state index >= 15 is 0 Å². The number of hydrogen-bond donors (Lipinski definition) is 0. The van der Waals surface area contributed by atoms with Crippen molar-refractivity contribution in [1.29, 1.82) is 0 Å². The van der Waals surface area contributed by atoms with Crippen molar-refractivity contribution in [1.82, 2.24) is 0 Å². The van der Waals surface area contributed by atoms with E-state index in [-0.39, 0.29) is 5.97 Å². The number of carbonyl (C=O) groups is 1. The first-order valence-electron chi connectivity index (χ1n) is 6.04. The van der Waals surface area contributed by atoms with Gasteiger partial charge >= 0.3 is 5.97 Å². The second-order valence-corrected chi connectivity index (χ2v) is 5.18. The minimum absolute atomic E-state index is 0.261. The smallest absolute Gasteiger partial charge is 0.308 e. The lowest BCUT2D eigenvalue weighted by Gasteiger charge is -1.99. The predicted molar refractivity (Wildman–Crippen MR) is 74.1 cm³/mol. The fourth-order valence-electron chi connectivity index (χ4n) is 1.82. The fraction of sp³-hybridized carbons (Fsp3) is 0.267. The molecule has 0 aliphatic rings. The summed E-state index contributed by atoms with van der Waals surface area (Å²) in [7, 11) is 0. The fourth-order valence-corrected chi connectivity index (χ4v) is 2.65. The molecule has 0 unspecified atom stereocenters. The second kappa shape index (κ2) is 6.36. The lowest BCUT2D eigenvalue weighted by Crippen LogP contribution is -1.99.